The first-order chi connectivity index (χ1) is 19.2. The second-order valence-corrected chi connectivity index (χ2v) is 11.0. The molecule has 204 valence electrons. The molecule has 40 heavy (non-hydrogen) atoms. The molecule has 4 atom stereocenters. The number of aromatic nitrogens is 4. The van der Waals surface area contributed by atoms with Crippen LogP contribution in [0.4, 0.5) is 0 Å². The predicted octanol–water partition coefficient (Wildman–Crippen LogP) is 0.517. The van der Waals surface area contributed by atoms with Gasteiger partial charge in [-0.2, -0.15) is 10.5 Å². The fourth-order valence-electron chi connectivity index (χ4n) is 6.68. The van der Waals surface area contributed by atoms with Crippen LogP contribution in [0.5, 0.6) is 0 Å². The lowest BCUT2D eigenvalue weighted by Crippen LogP contribution is -2.47. The number of carbonyl (C=O) groups is 3. The van der Waals surface area contributed by atoms with Crippen LogP contribution in [0.1, 0.15) is 75.0 Å². The number of fused-ring (bicyclic) bond motifs is 3. The molecule has 1 aliphatic heterocycles. The van der Waals surface area contributed by atoms with Crippen molar-refractivity contribution in [2.45, 2.75) is 56.1 Å². The summed E-state index contributed by atoms with van der Waals surface area (Å²) in [6, 6.07) is 12.5. The molecule has 2 fully saturated rings. The van der Waals surface area contributed by atoms with Gasteiger partial charge in [0.1, 0.15) is 6.04 Å². The summed E-state index contributed by atoms with van der Waals surface area (Å²) in [5.74, 6) is -0.322. The third-order valence-corrected chi connectivity index (χ3v) is 8.56. The lowest BCUT2D eigenvalue weighted by molar-refractivity contribution is -0.131. The van der Waals surface area contributed by atoms with Crippen molar-refractivity contribution in [1.82, 2.24) is 30.8 Å². The predicted molar refractivity (Wildman–Crippen MR) is 142 cm³/mol. The molecule has 2 heterocycles. The summed E-state index contributed by atoms with van der Waals surface area (Å²) in [7, 11) is 0. The highest BCUT2D eigenvalue weighted by Gasteiger charge is 2.54. The average Bonchev–Trinajstić information content (AvgIpc) is 3.32. The third-order valence-electron chi connectivity index (χ3n) is 8.56. The largest absolute Gasteiger partial charge is 0.366 e. The van der Waals surface area contributed by atoms with E-state index in [2.05, 4.69) is 32.0 Å². The van der Waals surface area contributed by atoms with Gasteiger partial charge < -0.3 is 21.7 Å². The Morgan fingerprint density at radius 3 is 2.33 bits per heavy atom. The zero-order chi connectivity index (χ0) is 28.2. The first-order valence-corrected chi connectivity index (χ1v) is 13.3. The maximum absolute atomic E-state index is 13.1. The minimum absolute atomic E-state index is 0.0846. The van der Waals surface area contributed by atoms with Crippen LogP contribution >= 0.6 is 0 Å². The zero-order valence-electron chi connectivity index (χ0n) is 21.9. The Morgan fingerprint density at radius 1 is 1.12 bits per heavy atom. The van der Waals surface area contributed by atoms with Gasteiger partial charge in [0.2, 0.25) is 17.7 Å². The number of nitrogens with zero attached hydrogens (tertiary/aromatic N) is 5. The smallest absolute Gasteiger partial charge is 0.248 e. The second-order valence-electron chi connectivity index (χ2n) is 11.0. The summed E-state index contributed by atoms with van der Waals surface area (Å²) in [4.78, 5) is 38.9. The van der Waals surface area contributed by atoms with Crippen LogP contribution in [0.2, 0.25) is 0 Å². The SMILES string of the molecule is C[C@@H](CC1(c2nn[nH]n2)c2ccc(C(N)=O)cc2Cc2cc(C(N)=O)ccc21)NCC(=O)N1[C@H](C#N)C[C@@H]2C[C@@H]21. The van der Waals surface area contributed by atoms with Crippen molar-refractivity contribution < 1.29 is 14.4 Å². The number of benzene rings is 2. The number of amides is 3. The van der Waals surface area contributed by atoms with Crippen molar-refractivity contribution >= 4 is 17.7 Å². The van der Waals surface area contributed by atoms with Gasteiger partial charge in [0.05, 0.1) is 18.0 Å². The molecule has 3 aromatic rings. The Balaban J connectivity index is 1.38. The molecule has 0 bridgehead atoms. The molecule has 3 amide bonds. The number of nitrogens with one attached hydrogen (secondary N) is 2. The Labute approximate surface area is 230 Å². The Morgan fingerprint density at radius 2 is 1.77 bits per heavy atom. The first-order valence-electron chi connectivity index (χ1n) is 13.3. The lowest BCUT2D eigenvalue weighted by Gasteiger charge is -2.41. The van der Waals surface area contributed by atoms with E-state index in [1.54, 1.807) is 29.2 Å². The van der Waals surface area contributed by atoms with Crippen LogP contribution in [0.3, 0.4) is 0 Å². The highest BCUT2D eigenvalue weighted by atomic mass is 16.2. The number of hydrogen-bond acceptors (Lipinski definition) is 8. The van der Waals surface area contributed by atoms with Crippen molar-refractivity contribution in [3.8, 4) is 6.07 Å². The van der Waals surface area contributed by atoms with Crippen LogP contribution in [0, 0.1) is 17.2 Å². The number of primary amides is 2. The third kappa shape index (κ3) is 4.10. The fourth-order valence-corrected chi connectivity index (χ4v) is 6.68. The monoisotopic (exact) mass is 539 g/mol. The molecule has 12 heteroatoms. The molecular weight excluding hydrogens is 510 g/mol. The summed E-state index contributed by atoms with van der Waals surface area (Å²) in [5.41, 5.74) is 14.4. The molecular formula is C28H29N9O3. The summed E-state index contributed by atoms with van der Waals surface area (Å²) >= 11 is 0. The number of H-pyrrole nitrogens is 1. The molecule has 1 aromatic heterocycles. The van der Waals surface area contributed by atoms with E-state index in [9.17, 15) is 19.6 Å². The quantitative estimate of drug-likeness (QED) is 0.318. The topological polar surface area (TPSA) is 197 Å². The zero-order valence-corrected chi connectivity index (χ0v) is 21.9. The van der Waals surface area contributed by atoms with Gasteiger partial charge in [0, 0.05) is 23.2 Å². The number of piperidine rings is 1. The van der Waals surface area contributed by atoms with E-state index in [0.29, 0.717) is 35.7 Å². The number of rotatable bonds is 8. The van der Waals surface area contributed by atoms with Crippen molar-refractivity contribution in [3.05, 3.63) is 75.6 Å². The molecule has 12 nitrogen and oxygen atoms in total. The summed E-state index contributed by atoms with van der Waals surface area (Å²) in [6.07, 6.45) is 2.59. The molecule has 1 saturated carbocycles. The standard InChI is InChI=1S/C28H29N9O3/c1-14(32-13-24(38)37-20(12-29)9-19-10-23(19)37)11-28(27-33-35-36-34-27)21-4-2-15(25(30)39)6-17(21)8-18-7-16(26(31)40)3-5-22(18)28/h2-7,14,19-20,23,32H,8-11,13H2,1H3,(H2,30,39)(H2,31,40)(H,33,34,35,36)/t14-,19+,20-,23-/m0/s1. The summed E-state index contributed by atoms with van der Waals surface area (Å²) in [5, 5.41) is 28.1. The van der Waals surface area contributed by atoms with Gasteiger partial charge in [0.25, 0.3) is 0 Å². The van der Waals surface area contributed by atoms with Crippen molar-refractivity contribution in [3.63, 3.8) is 0 Å². The molecule has 6 rings (SSSR count). The molecule has 6 N–H and O–H groups in total. The fraction of sp³-hybridized carbons (Fsp3) is 0.393. The molecule has 2 aromatic carbocycles. The summed E-state index contributed by atoms with van der Waals surface area (Å²) < 4.78 is 0. The van der Waals surface area contributed by atoms with E-state index in [1.165, 1.54) is 0 Å². The van der Waals surface area contributed by atoms with E-state index in [1.807, 2.05) is 19.1 Å². The first kappa shape index (κ1) is 25.6. The van der Waals surface area contributed by atoms with Crippen LogP contribution in [-0.2, 0) is 16.6 Å². The number of aromatic amines is 1. The molecule has 0 radical (unpaired) electrons. The second kappa shape index (κ2) is 9.53. The van der Waals surface area contributed by atoms with Crippen molar-refractivity contribution in [1.29, 1.82) is 5.26 Å². The van der Waals surface area contributed by atoms with Gasteiger partial charge in [-0.15, -0.1) is 10.2 Å². The van der Waals surface area contributed by atoms with Gasteiger partial charge in [-0.3, -0.25) is 14.4 Å². The van der Waals surface area contributed by atoms with Crippen LogP contribution in [-0.4, -0.2) is 67.9 Å². The number of likely N-dealkylation sites (tertiary alicyclic amines) is 1. The van der Waals surface area contributed by atoms with Gasteiger partial charge in [-0.1, -0.05) is 17.3 Å². The van der Waals surface area contributed by atoms with Gasteiger partial charge in [-0.25, -0.2) is 0 Å². The van der Waals surface area contributed by atoms with Crippen molar-refractivity contribution in [2.75, 3.05) is 6.54 Å². The Kier molecular flexibility index (Phi) is 6.11. The van der Waals surface area contributed by atoms with Crippen LogP contribution < -0.4 is 16.8 Å². The minimum atomic E-state index is -0.928. The number of carbonyl (C=O) groups excluding carboxylic acids is 3. The molecule has 0 unspecified atom stereocenters. The number of nitriles is 1. The van der Waals surface area contributed by atoms with E-state index >= 15 is 0 Å². The Hall–Kier alpha value is -4.63. The van der Waals surface area contributed by atoms with Gasteiger partial charge in [0.15, 0.2) is 5.82 Å². The van der Waals surface area contributed by atoms with E-state index < -0.39 is 17.2 Å². The lowest BCUT2D eigenvalue weighted by atomic mass is 9.63. The number of tetrazole rings is 1. The normalized spacial score (nSPS) is 22.4. The highest BCUT2D eigenvalue weighted by Crippen LogP contribution is 2.49. The van der Waals surface area contributed by atoms with Crippen LogP contribution in [0.25, 0.3) is 0 Å². The number of hydrogen-bond donors (Lipinski definition) is 4. The molecule has 2 aliphatic carbocycles. The maximum Gasteiger partial charge on any atom is 0.248 e. The van der Waals surface area contributed by atoms with Gasteiger partial charge >= 0.3 is 0 Å². The minimum Gasteiger partial charge on any atom is -0.366 e. The maximum atomic E-state index is 13.1. The molecule has 1 saturated heterocycles. The Bertz CT molecular complexity index is 1500. The number of nitrogens with two attached hydrogens (primary N) is 2. The highest BCUT2D eigenvalue weighted by molar-refractivity contribution is 5.94. The van der Waals surface area contributed by atoms with Crippen LogP contribution in [0.15, 0.2) is 36.4 Å². The van der Waals surface area contributed by atoms with Crippen molar-refractivity contribution in [2.24, 2.45) is 17.4 Å². The van der Waals surface area contributed by atoms with E-state index in [0.717, 1.165) is 35.1 Å². The van der Waals surface area contributed by atoms with Gasteiger partial charge in [-0.05, 0) is 85.0 Å². The average molecular weight is 540 g/mol. The van der Waals surface area contributed by atoms with E-state index in [4.69, 9.17) is 11.5 Å². The molecule has 3 aliphatic rings. The van der Waals surface area contributed by atoms with E-state index in [-0.39, 0.29) is 30.6 Å². The molecule has 0 spiro atoms. The summed E-state index contributed by atoms with van der Waals surface area (Å²) in [6.45, 7) is 2.07.